The summed E-state index contributed by atoms with van der Waals surface area (Å²) in [4.78, 5) is 12.3. The molecule has 0 bridgehead atoms. The van der Waals surface area contributed by atoms with Gasteiger partial charge in [0.15, 0.2) is 5.78 Å². The van der Waals surface area contributed by atoms with Gasteiger partial charge in [-0.25, -0.2) is 0 Å². The van der Waals surface area contributed by atoms with Crippen LogP contribution in [0.5, 0.6) is 0 Å². The van der Waals surface area contributed by atoms with Crippen LogP contribution in [0.4, 0.5) is 0 Å². The van der Waals surface area contributed by atoms with Crippen molar-refractivity contribution in [2.45, 2.75) is 0 Å². The summed E-state index contributed by atoms with van der Waals surface area (Å²) < 4.78 is 1.11. The van der Waals surface area contributed by atoms with Gasteiger partial charge < -0.3 is 0 Å². The Bertz CT molecular complexity index is 561. The quantitative estimate of drug-likeness (QED) is 0.474. The van der Waals surface area contributed by atoms with Gasteiger partial charge in [0.05, 0.1) is 0 Å². The molecule has 1 nitrogen and oxygen atoms in total. The van der Waals surface area contributed by atoms with E-state index in [4.69, 9.17) is 12.2 Å². The molecule has 0 radical (unpaired) electrons. The number of hydrogen-bond acceptors (Lipinski definition) is 2. The molecule has 2 rings (SSSR count). The Balaban J connectivity index is 2.43. The van der Waals surface area contributed by atoms with E-state index < -0.39 is 0 Å². The number of thiocarbonyl (C=S) groups is 1. The van der Waals surface area contributed by atoms with E-state index in [0.717, 1.165) is 9.13 Å². The first-order chi connectivity index (χ1) is 8.22. The maximum Gasteiger partial charge on any atom is 0.193 e. The third-order valence-corrected chi connectivity index (χ3v) is 3.41. The Morgan fingerprint density at radius 3 is 2.35 bits per heavy atom. The SMILES string of the molecule is O=C(c1ccc(I)cc1)c1ccccc1C=S. The Kier molecular flexibility index (Phi) is 4.02. The highest BCUT2D eigenvalue weighted by atomic mass is 127. The van der Waals surface area contributed by atoms with Gasteiger partial charge in [0.2, 0.25) is 0 Å². The van der Waals surface area contributed by atoms with Crippen molar-refractivity contribution >= 4 is 46.0 Å². The molecular weight excluding hydrogens is 343 g/mol. The molecular formula is C14H9IOS. The molecule has 3 heteroatoms. The summed E-state index contributed by atoms with van der Waals surface area (Å²) in [6.45, 7) is 0. The molecule has 0 aromatic heterocycles. The minimum Gasteiger partial charge on any atom is -0.289 e. The number of carbonyl (C=O) groups excluding carboxylic acids is 1. The second-order valence-corrected chi connectivity index (χ2v) is 5.02. The molecule has 2 aromatic rings. The van der Waals surface area contributed by atoms with E-state index >= 15 is 0 Å². The van der Waals surface area contributed by atoms with Gasteiger partial charge >= 0.3 is 0 Å². The van der Waals surface area contributed by atoms with Crippen LogP contribution in [0.25, 0.3) is 0 Å². The maximum absolute atomic E-state index is 12.3. The zero-order valence-electron chi connectivity index (χ0n) is 8.89. The highest BCUT2D eigenvalue weighted by Gasteiger charge is 2.11. The van der Waals surface area contributed by atoms with Crippen LogP contribution in [0.15, 0.2) is 48.5 Å². The van der Waals surface area contributed by atoms with E-state index in [2.05, 4.69) is 22.6 Å². The van der Waals surface area contributed by atoms with Crippen molar-refractivity contribution in [1.82, 2.24) is 0 Å². The first-order valence-electron chi connectivity index (χ1n) is 5.07. The molecule has 0 saturated carbocycles. The molecule has 0 amide bonds. The zero-order chi connectivity index (χ0) is 12.3. The highest BCUT2D eigenvalue weighted by molar-refractivity contribution is 14.1. The van der Waals surface area contributed by atoms with Gasteiger partial charge in [-0.15, -0.1) is 0 Å². The molecule has 2 aromatic carbocycles. The third-order valence-electron chi connectivity index (χ3n) is 2.44. The predicted octanol–water partition coefficient (Wildman–Crippen LogP) is 3.87. The fraction of sp³-hybridized carbons (Fsp3) is 0. The summed E-state index contributed by atoms with van der Waals surface area (Å²) in [5.41, 5.74) is 2.14. The number of halogens is 1. The average molecular weight is 352 g/mol. The standard InChI is InChI=1S/C14H9IOS/c15-12-7-5-10(6-8-12)14(16)13-4-2-1-3-11(13)9-17/h1-9H. The van der Waals surface area contributed by atoms with Gasteiger partial charge in [-0.2, -0.15) is 0 Å². The van der Waals surface area contributed by atoms with Gasteiger partial charge in [0.1, 0.15) is 0 Å². The average Bonchev–Trinajstić information content (AvgIpc) is 2.39. The topological polar surface area (TPSA) is 17.1 Å². The zero-order valence-corrected chi connectivity index (χ0v) is 11.9. The van der Waals surface area contributed by atoms with Crippen LogP contribution in [0.3, 0.4) is 0 Å². The second kappa shape index (κ2) is 5.51. The van der Waals surface area contributed by atoms with Gasteiger partial charge in [-0.05, 0) is 52.4 Å². The van der Waals surface area contributed by atoms with Crippen molar-refractivity contribution in [2.24, 2.45) is 0 Å². The van der Waals surface area contributed by atoms with Gasteiger partial charge in [-0.3, -0.25) is 4.79 Å². The van der Waals surface area contributed by atoms with E-state index in [1.807, 2.05) is 42.5 Å². The maximum atomic E-state index is 12.3. The summed E-state index contributed by atoms with van der Waals surface area (Å²) in [6, 6.07) is 14.9. The minimum atomic E-state index is 0.0121. The minimum absolute atomic E-state index is 0.0121. The number of rotatable bonds is 3. The summed E-state index contributed by atoms with van der Waals surface area (Å²) in [7, 11) is 0. The van der Waals surface area contributed by atoms with Crippen LogP contribution in [-0.4, -0.2) is 11.2 Å². The van der Waals surface area contributed by atoms with E-state index in [1.54, 1.807) is 11.4 Å². The molecule has 0 aliphatic rings. The number of hydrogen-bond donors (Lipinski definition) is 0. The smallest absolute Gasteiger partial charge is 0.193 e. The van der Waals surface area contributed by atoms with Crippen molar-refractivity contribution in [2.75, 3.05) is 0 Å². The fourth-order valence-electron chi connectivity index (χ4n) is 1.56. The summed E-state index contributed by atoms with van der Waals surface area (Å²) in [5, 5.41) is 1.54. The lowest BCUT2D eigenvalue weighted by Crippen LogP contribution is -2.04. The van der Waals surface area contributed by atoms with Gasteiger partial charge in [0, 0.05) is 20.1 Å². The Morgan fingerprint density at radius 2 is 1.71 bits per heavy atom. The van der Waals surface area contributed by atoms with Crippen LogP contribution in [-0.2, 0) is 0 Å². The highest BCUT2D eigenvalue weighted by Crippen LogP contribution is 2.15. The van der Waals surface area contributed by atoms with Crippen molar-refractivity contribution in [1.29, 1.82) is 0 Å². The number of carbonyl (C=O) groups is 1. The summed E-state index contributed by atoms with van der Waals surface area (Å²) in [6.07, 6.45) is 0. The molecule has 0 aliphatic heterocycles. The van der Waals surface area contributed by atoms with E-state index in [9.17, 15) is 4.79 Å². The predicted molar refractivity (Wildman–Crippen MR) is 81.8 cm³/mol. The molecule has 0 saturated heterocycles. The lowest BCUT2D eigenvalue weighted by molar-refractivity contribution is 0.103. The molecule has 0 fully saturated rings. The fourth-order valence-corrected chi connectivity index (χ4v) is 2.13. The Labute approximate surface area is 119 Å². The van der Waals surface area contributed by atoms with Crippen LogP contribution in [0, 0.1) is 3.57 Å². The van der Waals surface area contributed by atoms with Crippen LogP contribution >= 0.6 is 34.8 Å². The molecule has 17 heavy (non-hydrogen) atoms. The molecule has 0 N–H and O–H groups in total. The summed E-state index contributed by atoms with van der Waals surface area (Å²) >= 11 is 7.13. The van der Waals surface area contributed by atoms with Crippen molar-refractivity contribution in [3.8, 4) is 0 Å². The normalized spacial score (nSPS) is 9.94. The van der Waals surface area contributed by atoms with Crippen molar-refractivity contribution in [3.05, 3.63) is 68.8 Å². The lowest BCUT2D eigenvalue weighted by atomic mass is 9.99. The van der Waals surface area contributed by atoms with E-state index in [1.165, 1.54) is 0 Å². The second-order valence-electron chi connectivity index (χ2n) is 3.54. The first-order valence-corrected chi connectivity index (χ1v) is 6.62. The Morgan fingerprint density at radius 1 is 1.06 bits per heavy atom. The molecule has 84 valence electrons. The van der Waals surface area contributed by atoms with Crippen LogP contribution < -0.4 is 0 Å². The van der Waals surface area contributed by atoms with Gasteiger partial charge in [-0.1, -0.05) is 36.5 Å². The van der Waals surface area contributed by atoms with Crippen molar-refractivity contribution in [3.63, 3.8) is 0 Å². The molecule has 0 atom stereocenters. The molecule has 0 aliphatic carbocycles. The number of benzene rings is 2. The lowest BCUT2D eigenvalue weighted by Gasteiger charge is -2.04. The third kappa shape index (κ3) is 2.79. The van der Waals surface area contributed by atoms with Crippen molar-refractivity contribution < 1.29 is 4.79 Å². The first kappa shape index (κ1) is 12.4. The van der Waals surface area contributed by atoms with Gasteiger partial charge in [0.25, 0.3) is 0 Å². The van der Waals surface area contributed by atoms with E-state index in [0.29, 0.717) is 11.1 Å². The molecule has 0 spiro atoms. The van der Waals surface area contributed by atoms with E-state index in [-0.39, 0.29) is 5.78 Å². The van der Waals surface area contributed by atoms with Crippen LogP contribution in [0.1, 0.15) is 21.5 Å². The Hall–Kier alpha value is -1.07. The summed E-state index contributed by atoms with van der Waals surface area (Å²) in [5.74, 6) is 0.0121. The van der Waals surface area contributed by atoms with Crippen LogP contribution in [0.2, 0.25) is 0 Å². The number of ketones is 1. The molecule has 0 heterocycles. The largest absolute Gasteiger partial charge is 0.289 e. The molecule has 0 unspecified atom stereocenters. The monoisotopic (exact) mass is 352 g/mol.